The summed E-state index contributed by atoms with van der Waals surface area (Å²) in [7, 11) is 0. The molecule has 23 heavy (non-hydrogen) atoms. The van der Waals surface area contributed by atoms with E-state index in [1.165, 1.54) is 30.3 Å². The van der Waals surface area contributed by atoms with E-state index < -0.39 is 11.6 Å². The van der Waals surface area contributed by atoms with Gasteiger partial charge < -0.3 is 4.74 Å². The summed E-state index contributed by atoms with van der Waals surface area (Å²) in [6.45, 7) is 3.87. The number of benzene rings is 2. The quantitative estimate of drug-likeness (QED) is 0.467. The van der Waals surface area contributed by atoms with Crippen molar-refractivity contribution < 1.29 is 13.9 Å². The normalized spacial score (nSPS) is 11.2. The van der Waals surface area contributed by atoms with Crippen LogP contribution in [0.15, 0.2) is 54.1 Å². The molecular weight excluding hydrogens is 293 g/mol. The molecule has 0 aliphatic rings. The first-order valence-electron chi connectivity index (χ1n) is 7.18. The molecule has 0 aliphatic heterocycles. The third-order valence-electron chi connectivity index (χ3n) is 3.03. The highest BCUT2D eigenvalue weighted by molar-refractivity contribution is 6.14. The highest BCUT2D eigenvalue weighted by Crippen LogP contribution is 2.17. The zero-order valence-corrected chi connectivity index (χ0v) is 12.9. The van der Waals surface area contributed by atoms with E-state index in [0.717, 1.165) is 5.75 Å². The van der Waals surface area contributed by atoms with E-state index in [1.54, 1.807) is 24.3 Å². The highest BCUT2D eigenvalue weighted by atomic mass is 19.1. The largest absolute Gasteiger partial charge is 0.491 e. The fraction of sp³-hybridized carbons (Fsp3) is 0.158. The van der Waals surface area contributed by atoms with Crippen molar-refractivity contribution in [3.8, 4) is 11.8 Å². The van der Waals surface area contributed by atoms with E-state index in [9.17, 15) is 14.4 Å². The predicted molar refractivity (Wildman–Crippen MR) is 86.5 cm³/mol. The van der Waals surface area contributed by atoms with Gasteiger partial charge in [0.15, 0.2) is 0 Å². The Morgan fingerprint density at radius 2 is 1.74 bits per heavy atom. The summed E-state index contributed by atoms with van der Waals surface area (Å²) in [6.07, 6.45) is 1.58. The van der Waals surface area contributed by atoms with Gasteiger partial charge in [-0.25, -0.2) is 4.39 Å². The second-order valence-electron chi connectivity index (χ2n) is 5.24. The molecule has 2 aromatic rings. The van der Waals surface area contributed by atoms with Crippen LogP contribution < -0.4 is 4.74 Å². The third-order valence-corrected chi connectivity index (χ3v) is 3.03. The molecule has 2 rings (SSSR count). The van der Waals surface area contributed by atoms with E-state index in [2.05, 4.69) is 0 Å². The van der Waals surface area contributed by atoms with E-state index in [0.29, 0.717) is 5.56 Å². The number of nitriles is 1. The molecule has 0 aliphatic carbocycles. The molecule has 0 heterocycles. The number of ketones is 1. The molecule has 0 N–H and O–H groups in total. The Hall–Kier alpha value is -2.93. The molecule has 0 spiro atoms. The molecule has 0 bridgehead atoms. The van der Waals surface area contributed by atoms with E-state index in [1.807, 2.05) is 19.9 Å². The minimum Gasteiger partial charge on any atom is -0.491 e. The first kappa shape index (κ1) is 16.4. The lowest BCUT2D eigenvalue weighted by Crippen LogP contribution is -2.05. The average Bonchev–Trinajstić information content (AvgIpc) is 2.53. The lowest BCUT2D eigenvalue weighted by molar-refractivity contribution is 0.104. The van der Waals surface area contributed by atoms with Crippen LogP contribution >= 0.6 is 0 Å². The lowest BCUT2D eigenvalue weighted by Gasteiger charge is -2.09. The minimum atomic E-state index is -0.435. The van der Waals surface area contributed by atoms with Crippen LogP contribution in [0.25, 0.3) is 6.08 Å². The number of Topliss-reactive ketones (excluding diaryl/α,β-unsaturated/α-hetero) is 1. The number of allylic oxidation sites excluding steroid dienone is 1. The maximum absolute atomic E-state index is 12.9. The van der Waals surface area contributed by atoms with Gasteiger partial charge in [-0.1, -0.05) is 12.1 Å². The van der Waals surface area contributed by atoms with Gasteiger partial charge >= 0.3 is 0 Å². The Kier molecular flexibility index (Phi) is 5.27. The molecule has 0 saturated heterocycles. The summed E-state index contributed by atoms with van der Waals surface area (Å²) >= 11 is 0. The van der Waals surface area contributed by atoms with Crippen LogP contribution in [0.5, 0.6) is 5.75 Å². The minimum absolute atomic E-state index is 0.00543. The van der Waals surface area contributed by atoms with E-state index in [4.69, 9.17) is 4.74 Å². The summed E-state index contributed by atoms with van der Waals surface area (Å²) in [4.78, 5) is 12.3. The number of ether oxygens (including phenoxy) is 1. The van der Waals surface area contributed by atoms with Crippen LogP contribution in [0, 0.1) is 17.1 Å². The summed E-state index contributed by atoms with van der Waals surface area (Å²) in [5.74, 6) is -0.139. The van der Waals surface area contributed by atoms with Gasteiger partial charge in [-0.15, -0.1) is 0 Å². The van der Waals surface area contributed by atoms with Crippen molar-refractivity contribution >= 4 is 11.9 Å². The number of carbonyl (C=O) groups is 1. The maximum Gasteiger partial charge on any atom is 0.203 e. The van der Waals surface area contributed by atoms with Crippen LogP contribution in [0.2, 0.25) is 0 Å². The maximum atomic E-state index is 12.9. The smallest absolute Gasteiger partial charge is 0.203 e. The number of hydrogen-bond donors (Lipinski definition) is 0. The van der Waals surface area contributed by atoms with Crippen LogP contribution in [0.3, 0.4) is 0 Å². The van der Waals surface area contributed by atoms with Crippen molar-refractivity contribution in [3.05, 3.63) is 71.0 Å². The summed E-state index contributed by atoms with van der Waals surface area (Å²) in [5.41, 5.74) is 0.987. The first-order valence-corrected chi connectivity index (χ1v) is 7.18. The molecular formula is C19H16FNO2. The molecule has 0 unspecified atom stereocenters. The van der Waals surface area contributed by atoms with E-state index in [-0.39, 0.29) is 17.2 Å². The Morgan fingerprint density at radius 3 is 2.26 bits per heavy atom. The van der Waals surface area contributed by atoms with Crippen LogP contribution in [-0.2, 0) is 0 Å². The fourth-order valence-corrected chi connectivity index (χ4v) is 1.99. The Labute approximate surface area is 134 Å². The SMILES string of the molecule is CC(C)Oc1ccc(C=C(C#N)C(=O)c2ccc(F)cc2)cc1. The Balaban J connectivity index is 2.23. The van der Waals surface area contributed by atoms with Crippen LogP contribution in [0.4, 0.5) is 4.39 Å². The predicted octanol–water partition coefficient (Wildman–Crippen LogP) is 4.40. The van der Waals surface area contributed by atoms with Gasteiger partial charge in [0.25, 0.3) is 0 Å². The molecule has 2 aromatic carbocycles. The monoisotopic (exact) mass is 309 g/mol. The molecule has 0 atom stereocenters. The zero-order valence-electron chi connectivity index (χ0n) is 12.9. The molecule has 0 saturated carbocycles. The molecule has 0 amide bonds. The van der Waals surface area contributed by atoms with Gasteiger partial charge in [-0.3, -0.25) is 4.79 Å². The topological polar surface area (TPSA) is 50.1 Å². The van der Waals surface area contributed by atoms with Crippen molar-refractivity contribution in [2.24, 2.45) is 0 Å². The first-order chi connectivity index (χ1) is 11.0. The van der Waals surface area contributed by atoms with Gasteiger partial charge in [-0.2, -0.15) is 5.26 Å². The second-order valence-corrected chi connectivity index (χ2v) is 5.24. The van der Waals surface area contributed by atoms with E-state index >= 15 is 0 Å². The number of hydrogen-bond acceptors (Lipinski definition) is 3. The third kappa shape index (κ3) is 4.52. The standard InChI is InChI=1S/C19H16FNO2/c1-13(2)23-18-9-3-14(4-10-18)11-16(12-21)19(22)15-5-7-17(20)8-6-15/h3-11,13H,1-2H3. The zero-order chi connectivity index (χ0) is 16.8. The van der Waals surface area contributed by atoms with Gasteiger partial charge in [0.05, 0.1) is 6.10 Å². The Morgan fingerprint density at radius 1 is 1.13 bits per heavy atom. The van der Waals surface area contributed by atoms with Crippen LogP contribution in [0.1, 0.15) is 29.8 Å². The molecule has 0 fully saturated rings. The molecule has 4 heteroatoms. The summed E-state index contributed by atoms with van der Waals surface area (Å²) in [5, 5.41) is 9.21. The van der Waals surface area contributed by atoms with Gasteiger partial charge in [-0.05, 0) is 61.9 Å². The number of halogens is 1. The van der Waals surface area contributed by atoms with Crippen molar-refractivity contribution in [1.29, 1.82) is 5.26 Å². The van der Waals surface area contributed by atoms with Crippen molar-refractivity contribution in [2.45, 2.75) is 20.0 Å². The molecule has 0 radical (unpaired) electrons. The number of rotatable bonds is 5. The molecule has 3 nitrogen and oxygen atoms in total. The van der Waals surface area contributed by atoms with Crippen molar-refractivity contribution in [1.82, 2.24) is 0 Å². The highest BCUT2D eigenvalue weighted by Gasteiger charge is 2.12. The molecule has 116 valence electrons. The number of carbonyl (C=O) groups excluding carboxylic acids is 1. The van der Waals surface area contributed by atoms with Gasteiger partial charge in [0, 0.05) is 5.56 Å². The second kappa shape index (κ2) is 7.37. The Bertz CT molecular complexity index is 753. The molecule has 0 aromatic heterocycles. The summed E-state index contributed by atoms with van der Waals surface area (Å²) < 4.78 is 18.4. The fourth-order valence-electron chi connectivity index (χ4n) is 1.99. The van der Waals surface area contributed by atoms with Crippen molar-refractivity contribution in [3.63, 3.8) is 0 Å². The van der Waals surface area contributed by atoms with Gasteiger partial charge in [0.1, 0.15) is 23.2 Å². The van der Waals surface area contributed by atoms with Crippen LogP contribution in [-0.4, -0.2) is 11.9 Å². The lowest BCUT2D eigenvalue weighted by atomic mass is 10.0. The average molecular weight is 309 g/mol. The van der Waals surface area contributed by atoms with Gasteiger partial charge in [0.2, 0.25) is 5.78 Å². The van der Waals surface area contributed by atoms with Crippen molar-refractivity contribution in [2.75, 3.05) is 0 Å². The number of nitrogens with zero attached hydrogens (tertiary/aromatic N) is 1. The summed E-state index contributed by atoms with van der Waals surface area (Å²) in [6, 6.07) is 14.1.